The van der Waals surface area contributed by atoms with Crippen molar-refractivity contribution in [2.75, 3.05) is 24.6 Å². The van der Waals surface area contributed by atoms with E-state index in [1.807, 2.05) is 40.9 Å². The Morgan fingerprint density at radius 1 is 1.19 bits per heavy atom. The predicted octanol–water partition coefficient (Wildman–Crippen LogP) is 1.81. The highest BCUT2D eigenvalue weighted by molar-refractivity contribution is 5.87. The number of aliphatic hydroxyl groups excluding tert-OH is 1. The van der Waals surface area contributed by atoms with Gasteiger partial charge in [0.1, 0.15) is 6.54 Å². The molecule has 3 heterocycles. The van der Waals surface area contributed by atoms with Crippen LogP contribution in [0, 0.1) is 0 Å². The molecular formula is C23H27N5O3. The Bertz CT molecular complexity index is 1080. The fraction of sp³-hybridized carbons (Fsp3) is 0.391. The standard InChI is InChI=1S/C23H27N5O3/c24-11-19-13-26-12-18(17-6-7-17)10-20(22(26)25-19)28-14-21(29)27(23(28)30)8-9-31-15-16-4-2-1-3-5-16/h1-5,10,12-13,17,23,30H,6-9,11,14-15,24H2. The average molecular weight is 422 g/mol. The number of nitrogens with two attached hydrogens (primary N) is 1. The first-order chi connectivity index (χ1) is 15.1. The van der Waals surface area contributed by atoms with Crippen LogP contribution in [0.15, 0.2) is 48.8 Å². The lowest BCUT2D eigenvalue weighted by Gasteiger charge is -2.27. The average Bonchev–Trinajstić information content (AvgIpc) is 3.49. The third-order valence-corrected chi connectivity index (χ3v) is 5.94. The zero-order valence-corrected chi connectivity index (χ0v) is 17.4. The second-order valence-electron chi connectivity index (χ2n) is 8.20. The van der Waals surface area contributed by atoms with Crippen LogP contribution in [-0.2, 0) is 22.7 Å². The van der Waals surface area contributed by atoms with Gasteiger partial charge < -0.3 is 24.9 Å². The molecule has 2 aliphatic rings. The SMILES string of the molecule is NCc1cn2cc(C3CC3)cc(N3CC(=O)N(CCOCc4ccccc4)C3O)c2n1. The molecule has 8 nitrogen and oxygen atoms in total. The van der Waals surface area contributed by atoms with Gasteiger partial charge in [0, 0.05) is 25.5 Å². The molecule has 1 saturated carbocycles. The Morgan fingerprint density at radius 2 is 2.00 bits per heavy atom. The molecule has 5 rings (SSSR count). The van der Waals surface area contributed by atoms with Gasteiger partial charge >= 0.3 is 0 Å². The highest BCUT2D eigenvalue weighted by atomic mass is 16.5. The van der Waals surface area contributed by atoms with Crippen LogP contribution in [0.5, 0.6) is 0 Å². The van der Waals surface area contributed by atoms with E-state index in [4.69, 9.17) is 10.5 Å². The van der Waals surface area contributed by atoms with Gasteiger partial charge in [-0.1, -0.05) is 30.3 Å². The monoisotopic (exact) mass is 421 g/mol. The summed E-state index contributed by atoms with van der Waals surface area (Å²) in [7, 11) is 0. The van der Waals surface area contributed by atoms with E-state index in [1.165, 1.54) is 10.5 Å². The summed E-state index contributed by atoms with van der Waals surface area (Å²) in [6, 6.07) is 11.9. The lowest BCUT2D eigenvalue weighted by atomic mass is 10.1. The van der Waals surface area contributed by atoms with E-state index < -0.39 is 6.35 Å². The fourth-order valence-electron chi connectivity index (χ4n) is 4.09. The molecule has 3 N–H and O–H groups in total. The summed E-state index contributed by atoms with van der Waals surface area (Å²) >= 11 is 0. The van der Waals surface area contributed by atoms with E-state index in [1.54, 1.807) is 4.90 Å². The molecule has 2 aromatic heterocycles. The molecule has 1 atom stereocenters. The van der Waals surface area contributed by atoms with E-state index >= 15 is 0 Å². The highest BCUT2D eigenvalue weighted by Crippen LogP contribution is 2.42. The van der Waals surface area contributed by atoms with E-state index in [0.29, 0.717) is 37.9 Å². The van der Waals surface area contributed by atoms with Crippen LogP contribution in [0.4, 0.5) is 5.69 Å². The molecule has 1 aromatic carbocycles. The van der Waals surface area contributed by atoms with Crippen LogP contribution >= 0.6 is 0 Å². The van der Waals surface area contributed by atoms with Crippen molar-refractivity contribution < 1.29 is 14.6 Å². The molecule has 1 saturated heterocycles. The molecule has 1 aliphatic heterocycles. The van der Waals surface area contributed by atoms with Crippen LogP contribution in [0.1, 0.15) is 35.6 Å². The van der Waals surface area contributed by atoms with Gasteiger partial charge in [-0.3, -0.25) is 9.69 Å². The number of carbonyl (C=O) groups excluding carboxylic acids is 1. The number of hydrogen-bond acceptors (Lipinski definition) is 6. The molecule has 0 spiro atoms. The zero-order valence-electron chi connectivity index (χ0n) is 17.4. The Hall–Kier alpha value is -2.94. The second kappa shape index (κ2) is 8.30. The molecular weight excluding hydrogens is 394 g/mol. The van der Waals surface area contributed by atoms with Crippen molar-refractivity contribution in [3.05, 3.63) is 65.6 Å². The third kappa shape index (κ3) is 4.01. The molecule has 3 aromatic rings. The summed E-state index contributed by atoms with van der Waals surface area (Å²) in [5.41, 5.74) is 10.3. The molecule has 8 heteroatoms. The summed E-state index contributed by atoms with van der Waals surface area (Å²) in [6.45, 7) is 1.59. The normalized spacial score (nSPS) is 19.0. The molecule has 1 amide bonds. The minimum Gasteiger partial charge on any atom is -0.375 e. The summed E-state index contributed by atoms with van der Waals surface area (Å²) in [4.78, 5) is 20.5. The Balaban J connectivity index is 1.32. The largest absolute Gasteiger partial charge is 0.375 e. The maximum atomic E-state index is 12.7. The number of anilines is 1. The fourth-order valence-corrected chi connectivity index (χ4v) is 4.09. The van der Waals surface area contributed by atoms with E-state index in [2.05, 4.69) is 17.2 Å². The van der Waals surface area contributed by atoms with Crippen molar-refractivity contribution in [1.82, 2.24) is 14.3 Å². The summed E-state index contributed by atoms with van der Waals surface area (Å²) in [6.07, 6.45) is 5.28. The smallest absolute Gasteiger partial charge is 0.245 e. The van der Waals surface area contributed by atoms with Crippen molar-refractivity contribution in [3.8, 4) is 0 Å². The Morgan fingerprint density at radius 3 is 2.74 bits per heavy atom. The molecule has 1 unspecified atom stereocenters. The molecule has 0 radical (unpaired) electrons. The van der Waals surface area contributed by atoms with E-state index in [-0.39, 0.29) is 12.5 Å². The molecule has 2 fully saturated rings. The van der Waals surface area contributed by atoms with Gasteiger partial charge in [-0.15, -0.1) is 0 Å². The lowest BCUT2D eigenvalue weighted by molar-refractivity contribution is -0.133. The Labute approximate surface area is 180 Å². The summed E-state index contributed by atoms with van der Waals surface area (Å²) < 4.78 is 7.68. The van der Waals surface area contributed by atoms with Crippen molar-refractivity contribution >= 4 is 17.2 Å². The van der Waals surface area contributed by atoms with Crippen LogP contribution in [0.25, 0.3) is 5.65 Å². The second-order valence-corrected chi connectivity index (χ2v) is 8.20. The first kappa shape index (κ1) is 20.0. The number of hydrogen-bond donors (Lipinski definition) is 2. The topological polar surface area (TPSA) is 96.3 Å². The maximum absolute atomic E-state index is 12.7. The number of carbonyl (C=O) groups is 1. The number of ether oxygens (including phenoxy) is 1. The Kier molecular flexibility index (Phi) is 5.35. The van der Waals surface area contributed by atoms with Crippen molar-refractivity contribution in [2.45, 2.75) is 38.3 Å². The quantitative estimate of drug-likeness (QED) is 0.539. The number of pyridine rings is 1. The number of amides is 1. The minimum atomic E-state index is -1.05. The number of imidazole rings is 1. The first-order valence-electron chi connectivity index (χ1n) is 10.7. The van der Waals surface area contributed by atoms with Gasteiger partial charge in [-0.2, -0.15) is 0 Å². The minimum absolute atomic E-state index is 0.106. The number of benzene rings is 1. The zero-order chi connectivity index (χ0) is 21.4. The van der Waals surface area contributed by atoms with Crippen LogP contribution in [-0.4, -0.2) is 51.3 Å². The first-order valence-corrected chi connectivity index (χ1v) is 10.7. The van der Waals surface area contributed by atoms with Crippen LogP contribution in [0.2, 0.25) is 0 Å². The number of aromatic nitrogens is 2. The maximum Gasteiger partial charge on any atom is 0.245 e. The van der Waals surface area contributed by atoms with Crippen molar-refractivity contribution in [1.29, 1.82) is 0 Å². The van der Waals surface area contributed by atoms with Crippen LogP contribution < -0.4 is 10.6 Å². The van der Waals surface area contributed by atoms with Gasteiger partial charge in [0.15, 0.2) is 5.65 Å². The number of nitrogens with zero attached hydrogens (tertiary/aromatic N) is 4. The molecule has 162 valence electrons. The van der Waals surface area contributed by atoms with Gasteiger partial charge in [0.2, 0.25) is 12.3 Å². The predicted molar refractivity (Wildman–Crippen MR) is 116 cm³/mol. The number of aliphatic hydroxyl groups is 1. The summed E-state index contributed by atoms with van der Waals surface area (Å²) in [5, 5.41) is 11.0. The van der Waals surface area contributed by atoms with Gasteiger partial charge in [0.05, 0.1) is 24.6 Å². The lowest BCUT2D eigenvalue weighted by Crippen LogP contribution is -2.41. The third-order valence-electron chi connectivity index (χ3n) is 5.94. The number of fused-ring (bicyclic) bond motifs is 1. The van der Waals surface area contributed by atoms with Gasteiger partial charge in [-0.25, -0.2) is 4.98 Å². The van der Waals surface area contributed by atoms with Crippen molar-refractivity contribution in [2.24, 2.45) is 5.73 Å². The van der Waals surface area contributed by atoms with E-state index in [9.17, 15) is 9.90 Å². The van der Waals surface area contributed by atoms with Crippen molar-refractivity contribution in [3.63, 3.8) is 0 Å². The van der Waals surface area contributed by atoms with Crippen LogP contribution in [0.3, 0.4) is 0 Å². The summed E-state index contributed by atoms with van der Waals surface area (Å²) in [5.74, 6) is 0.404. The van der Waals surface area contributed by atoms with Gasteiger partial charge in [-0.05, 0) is 36.0 Å². The number of rotatable bonds is 8. The molecule has 1 aliphatic carbocycles. The molecule has 31 heavy (non-hydrogen) atoms. The molecule has 0 bridgehead atoms. The van der Waals surface area contributed by atoms with E-state index in [0.717, 1.165) is 29.8 Å². The highest BCUT2D eigenvalue weighted by Gasteiger charge is 2.38. The van der Waals surface area contributed by atoms with Gasteiger partial charge in [0.25, 0.3) is 0 Å².